The van der Waals surface area contributed by atoms with Gasteiger partial charge in [0.15, 0.2) is 17.5 Å². The molecule has 0 radical (unpaired) electrons. The average molecular weight is 774 g/mol. The summed E-state index contributed by atoms with van der Waals surface area (Å²) in [6.45, 7) is 0. The molecule has 0 bridgehead atoms. The van der Waals surface area contributed by atoms with Gasteiger partial charge in [-0.15, -0.1) is 0 Å². The first kappa shape index (κ1) is 33.9. The number of nitrogens with zero attached hydrogens (tertiary/aromatic N) is 3. The van der Waals surface area contributed by atoms with Gasteiger partial charge in [-0.25, -0.2) is 15.0 Å². The van der Waals surface area contributed by atoms with Gasteiger partial charge in [-0.05, 0) is 106 Å². The summed E-state index contributed by atoms with van der Waals surface area (Å²) in [7, 11) is 0. The van der Waals surface area contributed by atoms with Gasteiger partial charge in [-0.3, -0.25) is 0 Å². The van der Waals surface area contributed by atoms with Crippen molar-refractivity contribution in [1.82, 2.24) is 15.0 Å². The lowest BCUT2D eigenvalue weighted by atomic mass is 9.70. The normalized spacial score (nSPS) is 14.6. The van der Waals surface area contributed by atoms with Crippen LogP contribution in [0, 0.1) is 0 Å². The molecule has 0 amide bonds. The summed E-state index contributed by atoms with van der Waals surface area (Å²) >= 11 is 0. The van der Waals surface area contributed by atoms with Crippen LogP contribution in [0.4, 0.5) is 0 Å². The quantitative estimate of drug-likeness (QED) is 0.167. The van der Waals surface area contributed by atoms with Crippen LogP contribution in [0.1, 0.15) is 22.3 Å². The minimum absolute atomic E-state index is 0.555. The zero-order valence-electron chi connectivity index (χ0n) is 33.0. The lowest BCUT2D eigenvalue weighted by Gasteiger charge is -2.31. The molecule has 0 saturated heterocycles. The minimum Gasteiger partial charge on any atom is -0.208 e. The summed E-state index contributed by atoms with van der Waals surface area (Å²) in [6.07, 6.45) is 0. The molecule has 0 saturated carbocycles. The van der Waals surface area contributed by atoms with Gasteiger partial charge in [0.2, 0.25) is 0 Å². The molecule has 282 valence electrons. The predicted octanol–water partition coefficient (Wildman–Crippen LogP) is 14.3. The highest BCUT2D eigenvalue weighted by Gasteiger charge is 2.52. The largest absolute Gasteiger partial charge is 0.208 e. The van der Waals surface area contributed by atoms with Crippen LogP contribution >= 0.6 is 0 Å². The van der Waals surface area contributed by atoms with Crippen LogP contribution in [0.25, 0.3) is 99.9 Å². The number of fused-ring (bicyclic) bond motifs is 16. The monoisotopic (exact) mass is 773 g/mol. The van der Waals surface area contributed by atoms with Crippen LogP contribution < -0.4 is 0 Å². The van der Waals surface area contributed by atoms with Crippen LogP contribution in [-0.2, 0) is 5.41 Å². The van der Waals surface area contributed by atoms with Gasteiger partial charge in [0, 0.05) is 16.7 Å². The molecular weight excluding hydrogens is 739 g/mol. The van der Waals surface area contributed by atoms with E-state index in [2.05, 4.69) is 188 Å². The zero-order valence-corrected chi connectivity index (χ0v) is 33.0. The van der Waals surface area contributed by atoms with Crippen molar-refractivity contribution >= 4 is 32.3 Å². The van der Waals surface area contributed by atoms with E-state index in [9.17, 15) is 0 Å². The summed E-state index contributed by atoms with van der Waals surface area (Å²) in [6, 6.07) is 76.9. The molecule has 1 aromatic heterocycles. The highest BCUT2D eigenvalue weighted by atomic mass is 15.0. The van der Waals surface area contributed by atoms with Gasteiger partial charge in [0.05, 0.1) is 5.41 Å². The van der Waals surface area contributed by atoms with Crippen LogP contribution in [0.3, 0.4) is 0 Å². The predicted molar refractivity (Wildman–Crippen MR) is 250 cm³/mol. The van der Waals surface area contributed by atoms with Crippen LogP contribution in [-0.4, -0.2) is 15.0 Å². The number of hydrogen-bond acceptors (Lipinski definition) is 3. The van der Waals surface area contributed by atoms with Crippen molar-refractivity contribution in [3.8, 4) is 67.5 Å². The maximum atomic E-state index is 5.26. The summed E-state index contributed by atoms with van der Waals surface area (Å²) in [4.78, 5) is 15.6. The molecule has 1 spiro atoms. The number of aromatic nitrogens is 3. The summed E-state index contributed by atoms with van der Waals surface area (Å²) in [5.74, 6) is 1.94. The Labute approximate surface area is 353 Å². The van der Waals surface area contributed by atoms with E-state index in [1.54, 1.807) is 0 Å². The van der Waals surface area contributed by atoms with Crippen LogP contribution in [0.5, 0.6) is 0 Å². The standard InChI is InChI=1S/C58H35N3/c1-3-15-36(16-4-1)37-27-29-39(30-28-37)56-59-55(38-17-5-2-6-18-38)60-57(61-56)40-31-32-47-45-23-11-13-25-51(45)58(53(47)33-40)52-26-14-12-24-46(52)50-34-48-43-21-9-7-19-41(43)42-20-8-10-22-44(42)49(48)35-54(50)58/h1-35H. The molecular formula is C58H35N3. The van der Waals surface area contributed by atoms with Crippen molar-refractivity contribution in [2.24, 2.45) is 0 Å². The number of hydrogen-bond donors (Lipinski definition) is 0. The van der Waals surface area contributed by atoms with Crippen molar-refractivity contribution in [3.63, 3.8) is 0 Å². The lowest BCUT2D eigenvalue weighted by Crippen LogP contribution is -2.26. The maximum absolute atomic E-state index is 5.26. The minimum atomic E-state index is -0.555. The molecule has 1 heterocycles. The van der Waals surface area contributed by atoms with Crippen molar-refractivity contribution in [2.75, 3.05) is 0 Å². The number of benzene rings is 10. The van der Waals surface area contributed by atoms with E-state index in [4.69, 9.17) is 15.0 Å². The van der Waals surface area contributed by atoms with E-state index in [1.165, 1.54) is 82.4 Å². The SMILES string of the molecule is c1ccc(-c2ccc(-c3nc(-c4ccccc4)nc(-c4ccc5c(c4)C4(c6ccccc6-5)c5ccccc5-c5cc6c7ccccc7c7ccccc7c6cc54)n3)cc2)cc1. The fraction of sp³-hybridized carbons (Fsp3) is 0.0172. The molecule has 0 fully saturated rings. The highest BCUT2D eigenvalue weighted by Crippen LogP contribution is 2.64. The van der Waals surface area contributed by atoms with Crippen molar-refractivity contribution in [1.29, 1.82) is 0 Å². The first-order chi connectivity index (χ1) is 30.2. The topological polar surface area (TPSA) is 38.7 Å². The summed E-state index contributed by atoms with van der Waals surface area (Å²) < 4.78 is 0. The van der Waals surface area contributed by atoms with Gasteiger partial charge in [-0.1, -0.05) is 194 Å². The van der Waals surface area contributed by atoms with E-state index in [0.717, 1.165) is 22.3 Å². The molecule has 3 heteroatoms. The second kappa shape index (κ2) is 13.0. The second-order valence-corrected chi connectivity index (χ2v) is 16.3. The molecule has 1 atom stereocenters. The maximum Gasteiger partial charge on any atom is 0.164 e. The highest BCUT2D eigenvalue weighted by molar-refractivity contribution is 6.26. The van der Waals surface area contributed by atoms with Crippen molar-refractivity contribution in [2.45, 2.75) is 5.41 Å². The Morgan fingerprint density at radius 3 is 1.21 bits per heavy atom. The molecule has 61 heavy (non-hydrogen) atoms. The molecule has 11 aromatic rings. The third kappa shape index (κ3) is 4.89. The Balaban J connectivity index is 1.06. The summed E-state index contributed by atoms with van der Waals surface area (Å²) in [5, 5.41) is 7.67. The fourth-order valence-electron chi connectivity index (χ4n) is 10.5. The first-order valence-corrected chi connectivity index (χ1v) is 20.9. The Kier molecular flexibility index (Phi) is 7.22. The van der Waals surface area contributed by atoms with Crippen LogP contribution in [0.15, 0.2) is 212 Å². The van der Waals surface area contributed by atoms with Gasteiger partial charge in [-0.2, -0.15) is 0 Å². The van der Waals surface area contributed by atoms with Gasteiger partial charge >= 0.3 is 0 Å². The molecule has 2 aliphatic rings. The van der Waals surface area contributed by atoms with E-state index < -0.39 is 5.41 Å². The smallest absolute Gasteiger partial charge is 0.164 e. The second-order valence-electron chi connectivity index (χ2n) is 16.3. The number of rotatable bonds is 4. The molecule has 13 rings (SSSR count). The molecule has 10 aromatic carbocycles. The molecule has 0 N–H and O–H groups in total. The molecule has 1 unspecified atom stereocenters. The first-order valence-electron chi connectivity index (χ1n) is 20.9. The molecule has 2 aliphatic carbocycles. The zero-order chi connectivity index (χ0) is 40.1. The average Bonchev–Trinajstić information content (AvgIpc) is 3.80. The van der Waals surface area contributed by atoms with Gasteiger partial charge in [0.1, 0.15) is 0 Å². The third-order valence-electron chi connectivity index (χ3n) is 13.1. The Hall–Kier alpha value is -8.01. The van der Waals surface area contributed by atoms with E-state index >= 15 is 0 Å². The van der Waals surface area contributed by atoms with Crippen LogP contribution in [0.2, 0.25) is 0 Å². The lowest BCUT2D eigenvalue weighted by molar-refractivity contribution is 0.795. The Bertz CT molecular complexity index is 3580. The Morgan fingerprint density at radius 1 is 0.230 bits per heavy atom. The Morgan fingerprint density at radius 2 is 0.607 bits per heavy atom. The fourth-order valence-corrected chi connectivity index (χ4v) is 10.5. The van der Waals surface area contributed by atoms with E-state index in [1.807, 2.05) is 24.3 Å². The summed E-state index contributed by atoms with van der Waals surface area (Å²) in [5.41, 5.74) is 14.8. The third-order valence-corrected chi connectivity index (χ3v) is 13.1. The molecule has 3 nitrogen and oxygen atoms in total. The van der Waals surface area contributed by atoms with Gasteiger partial charge < -0.3 is 0 Å². The van der Waals surface area contributed by atoms with Gasteiger partial charge in [0.25, 0.3) is 0 Å². The van der Waals surface area contributed by atoms with Crippen molar-refractivity contribution < 1.29 is 0 Å². The van der Waals surface area contributed by atoms with E-state index in [-0.39, 0.29) is 0 Å². The van der Waals surface area contributed by atoms with E-state index in [0.29, 0.717) is 17.5 Å². The van der Waals surface area contributed by atoms with Crippen molar-refractivity contribution in [3.05, 3.63) is 235 Å². The molecule has 0 aliphatic heterocycles.